The van der Waals surface area contributed by atoms with E-state index >= 15 is 4.39 Å². The van der Waals surface area contributed by atoms with Crippen molar-refractivity contribution in [2.75, 3.05) is 12.3 Å². The van der Waals surface area contributed by atoms with Gasteiger partial charge in [-0.3, -0.25) is 13.9 Å². The molecule has 222 valence electrons. The van der Waals surface area contributed by atoms with Crippen molar-refractivity contribution in [2.45, 2.75) is 63.9 Å². The van der Waals surface area contributed by atoms with E-state index in [9.17, 15) is 19.3 Å². The number of halogens is 2. The van der Waals surface area contributed by atoms with Crippen molar-refractivity contribution in [1.29, 1.82) is 0 Å². The molecule has 2 heterocycles. The zero-order valence-electron chi connectivity index (χ0n) is 22.7. The Hall–Kier alpha value is -3.06. The Morgan fingerprint density at radius 2 is 1.98 bits per heavy atom. The second-order valence-corrected chi connectivity index (χ2v) is 12.1. The summed E-state index contributed by atoms with van der Waals surface area (Å²) in [6, 6.07) is 11.1. The molecule has 1 aliphatic heterocycles. The average Bonchev–Trinajstić information content (AvgIpc) is 3.13. The van der Waals surface area contributed by atoms with Crippen LogP contribution in [0.1, 0.15) is 33.9 Å². The van der Waals surface area contributed by atoms with Crippen molar-refractivity contribution in [2.24, 2.45) is 0 Å². The summed E-state index contributed by atoms with van der Waals surface area (Å²) in [5.74, 6) is -0.792. The molecule has 0 unspecified atom stereocenters. The number of nitrogens with zero attached hydrogens (tertiary/aromatic N) is 2. The van der Waals surface area contributed by atoms with Gasteiger partial charge in [-0.2, -0.15) is 10.1 Å². The Bertz CT molecular complexity index is 1530. The number of aliphatic hydroxyl groups is 1. The Balaban J connectivity index is 1.60. The van der Waals surface area contributed by atoms with Crippen LogP contribution in [-0.2, 0) is 23.4 Å². The SMILES string of the molecule is CC(C)OC(=O)[C@@H](C)N[P@](=O)(OC[C@H]1O[C@@H](n2cc(Cl)c(N)nc2=O)[C@](C)(F)[C@@H]1O)Oc1cccc2ccccc12. The number of nitrogens with one attached hydrogen (secondary N) is 1. The Morgan fingerprint density at radius 3 is 2.68 bits per heavy atom. The number of ether oxygens (including phenoxy) is 2. The number of aliphatic hydroxyl groups excluding tert-OH is 1. The predicted molar refractivity (Wildman–Crippen MR) is 149 cm³/mol. The minimum absolute atomic E-state index is 0.127. The summed E-state index contributed by atoms with van der Waals surface area (Å²) in [6.45, 7) is 5.08. The van der Waals surface area contributed by atoms with Crippen LogP contribution in [0.15, 0.2) is 53.5 Å². The fraction of sp³-hybridized carbons (Fsp3) is 0.423. The number of carbonyl (C=O) groups excluding carboxylic acids is 1. The fourth-order valence-electron chi connectivity index (χ4n) is 4.27. The van der Waals surface area contributed by atoms with Crippen LogP contribution in [0.25, 0.3) is 10.8 Å². The van der Waals surface area contributed by atoms with Gasteiger partial charge in [0.2, 0.25) is 0 Å². The number of anilines is 1. The van der Waals surface area contributed by atoms with Crippen molar-refractivity contribution in [3.63, 3.8) is 0 Å². The van der Waals surface area contributed by atoms with Gasteiger partial charge in [0, 0.05) is 11.6 Å². The lowest BCUT2D eigenvalue weighted by atomic mass is 9.98. The van der Waals surface area contributed by atoms with Gasteiger partial charge in [-0.1, -0.05) is 48.0 Å². The summed E-state index contributed by atoms with van der Waals surface area (Å²) >= 11 is 5.96. The van der Waals surface area contributed by atoms with Crippen LogP contribution >= 0.6 is 19.3 Å². The zero-order chi connectivity index (χ0) is 30.1. The number of benzene rings is 2. The van der Waals surface area contributed by atoms with Crippen LogP contribution in [0.3, 0.4) is 0 Å². The molecule has 0 spiro atoms. The second-order valence-electron chi connectivity index (χ2n) is 9.99. The topological polar surface area (TPSA) is 164 Å². The van der Waals surface area contributed by atoms with Gasteiger partial charge in [0.1, 0.15) is 29.8 Å². The van der Waals surface area contributed by atoms with E-state index in [1.165, 1.54) is 6.92 Å². The molecule has 1 aliphatic rings. The van der Waals surface area contributed by atoms with Crippen LogP contribution in [0.5, 0.6) is 5.75 Å². The third-order valence-electron chi connectivity index (χ3n) is 6.34. The lowest BCUT2D eigenvalue weighted by Crippen LogP contribution is -2.43. The molecule has 12 nitrogen and oxygen atoms in total. The minimum atomic E-state index is -4.42. The predicted octanol–water partition coefficient (Wildman–Crippen LogP) is 3.75. The largest absolute Gasteiger partial charge is 0.462 e. The van der Waals surface area contributed by atoms with Gasteiger partial charge >= 0.3 is 19.4 Å². The maximum atomic E-state index is 15.7. The van der Waals surface area contributed by atoms with E-state index in [1.807, 2.05) is 18.2 Å². The van der Waals surface area contributed by atoms with Crippen LogP contribution in [-0.4, -0.2) is 57.3 Å². The van der Waals surface area contributed by atoms with E-state index in [4.69, 9.17) is 35.9 Å². The van der Waals surface area contributed by atoms with Crippen LogP contribution in [0, 0.1) is 0 Å². The van der Waals surface area contributed by atoms with Gasteiger partial charge < -0.3 is 24.8 Å². The zero-order valence-corrected chi connectivity index (χ0v) is 24.3. The van der Waals surface area contributed by atoms with Gasteiger partial charge in [0.25, 0.3) is 0 Å². The smallest absolute Gasteiger partial charge is 0.459 e. The molecule has 4 rings (SSSR count). The number of nitrogens with two attached hydrogens (primary N) is 1. The van der Waals surface area contributed by atoms with Crippen molar-refractivity contribution >= 4 is 41.9 Å². The highest BCUT2D eigenvalue weighted by molar-refractivity contribution is 7.52. The van der Waals surface area contributed by atoms with Gasteiger partial charge in [0.15, 0.2) is 11.9 Å². The Kier molecular flexibility index (Phi) is 9.07. The number of hydrogen-bond acceptors (Lipinski definition) is 10. The highest BCUT2D eigenvalue weighted by Crippen LogP contribution is 2.49. The van der Waals surface area contributed by atoms with E-state index in [1.54, 1.807) is 38.1 Å². The van der Waals surface area contributed by atoms with Crippen LogP contribution in [0.4, 0.5) is 10.2 Å². The molecule has 1 saturated heterocycles. The monoisotopic (exact) mass is 612 g/mol. The number of alkyl halides is 1. The summed E-state index contributed by atoms with van der Waals surface area (Å²) in [5, 5.41) is 14.6. The molecule has 0 bridgehead atoms. The molecular weight excluding hydrogens is 582 g/mol. The number of aromatic nitrogens is 2. The number of esters is 1. The van der Waals surface area contributed by atoms with E-state index in [2.05, 4.69) is 10.1 Å². The first-order valence-corrected chi connectivity index (χ1v) is 14.6. The van der Waals surface area contributed by atoms with Gasteiger partial charge in [0.05, 0.1) is 17.7 Å². The van der Waals surface area contributed by atoms with Gasteiger partial charge in [-0.25, -0.2) is 13.8 Å². The number of fused-ring (bicyclic) bond motifs is 1. The molecule has 2 aromatic carbocycles. The summed E-state index contributed by atoms with van der Waals surface area (Å²) < 4.78 is 52.8. The Morgan fingerprint density at radius 1 is 1.29 bits per heavy atom. The van der Waals surface area contributed by atoms with Crippen molar-refractivity contribution < 1.29 is 37.4 Å². The third kappa shape index (κ3) is 6.72. The highest BCUT2D eigenvalue weighted by atomic mass is 35.5. The molecule has 0 radical (unpaired) electrons. The van der Waals surface area contributed by atoms with Crippen molar-refractivity contribution in [3.8, 4) is 5.75 Å². The molecular formula is C26H31ClFN4O8P. The summed E-state index contributed by atoms with van der Waals surface area (Å²) in [4.78, 5) is 28.4. The maximum absolute atomic E-state index is 15.7. The van der Waals surface area contributed by atoms with Gasteiger partial charge in [-0.15, -0.1) is 0 Å². The molecule has 3 aromatic rings. The quantitative estimate of drug-likeness (QED) is 0.226. The molecule has 15 heteroatoms. The summed E-state index contributed by atoms with van der Waals surface area (Å²) in [5.41, 5.74) is 2.06. The van der Waals surface area contributed by atoms with Crippen molar-refractivity contribution in [3.05, 3.63) is 64.2 Å². The number of carbonyl (C=O) groups is 1. The van der Waals surface area contributed by atoms with E-state index in [0.29, 0.717) is 5.39 Å². The molecule has 6 atom stereocenters. The van der Waals surface area contributed by atoms with E-state index in [-0.39, 0.29) is 16.6 Å². The van der Waals surface area contributed by atoms with E-state index < -0.39 is 62.3 Å². The average molecular weight is 613 g/mol. The minimum Gasteiger partial charge on any atom is -0.462 e. The molecule has 0 aliphatic carbocycles. The van der Waals surface area contributed by atoms with Crippen LogP contribution < -0.4 is 21.0 Å². The lowest BCUT2D eigenvalue weighted by molar-refractivity contribution is -0.149. The first-order chi connectivity index (χ1) is 19.2. The molecule has 1 fully saturated rings. The fourth-order valence-corrected chi connectivity index (χ4v) is 5.94. The van der Waals surface area contributed by atoms with Crippen molar-refractivity contribution in [1.82, 2.24) is 14.6 Å². The summed E-state index contributed by atoms with van der Waals surface area (Å²) in [6.07, 6.45) is -4.34. The molecule has 0 saturated carbocycles. The first kappa shape index (κ1) is 30.9. The number of rotatable bonds is 10. The van der Waals surface area contributed by atoms with Crippen LogP contribution in [0.2, 0.25) is 5.02 Å². The molecule has 1 aromatic heterocycles. The molecule has 4 N–H and O–H groups in total. The lowest BCUT2D eigenvalue weighted by Gasteiger charge is -2.26. The number of hydrogen-bond donors (Lipinski definition) is 3. The third-order valence-corrected chi connectivity index (χ3v) is 8.26. The maximum Gasteiger partial charge on any atom is 0.459 e. The van der Waals surface area contributed by atoms with Gasteiger partial charge in [-0.05, 0) is 39.1 Å². The first-order valence-electron chi connectivity index (χ1n) is 12.7. The normalized spacial score (nSPS) is 24.7. The molecule has 0 amide bonds. The highest BCUT2D eigenvalue weighted by Gasteiger charge is 2.56. The standard InChI is InChI=1S/C26H31ClFN4O8P/c1-14(2)38-23(34)15(3)31-41(36,40-19-11-7-9-16-8-5-6-10-17(16)19)37-13-20-21(33)26(4,28)24(39-20)32-12-18(27)22(29)30-25(32)35/h5-12,14-15,20-21,24,33H,13H2,1-4H3,(H,31,36)(H2,29,30,35)/t15-,20-,21-,24-,26-,41+/m1/s1. The second kappa shape index (κ2) is 12.0. The Labute approximate surface area is 240 Å². The molecule has 41 heavy (non-hydrogen) atoms. The number of nitrogen functional groups attached to an aromatic ring is 1. The van der Waals surface area contributed by atoms with E-state index in [0.717, 1.165) is 23.1 Å². The summed E-state index contributed by atoms with van der Waals surface area (Å²) in [7, 11) is -4.42.